The number of sulfonamides is 1. The zero-order chi connectivity index (χ0) is 35.1. The molecule has 3 aromatic rings. The lowest BCUT2D eigenvalue weighted by atomic mass is 10.0. The molecular weight excluding hydrogens is 675 g/mol. The Morgan fingerprint density at radius 3 is 2.70 bits per heavy atom. The minimum Gasteiger partial charge on any atom is -0.465 e. The molecule has 13 heteroatoms. The number of benzene rings is 2. The molecule has 3 N–H and O–H groups in total. The van der Waals surface area contributed by atoms with Crippen LogP contribution >= 0.6 is 11.3 Å². The van der Waals surface area contributed by atoms with Crippen molar-refractivity contribution in [3.8, 4) is 5.19 Å². The van der Waals surface area contributed by atoms with Crippen molar-refractivity contribution in [3.63, 3.8) is 0 Å². The molecule has 3 fully saturated rings. The molecule has 0 spiro atoms. The third kappa shape index (κ3) is 7.17. The Kier molecular flexibility index (Phi) is 9.50. The number of aryl methyl sites for hydroxylation is 1. The maximum Gasteiger partial charge on any atom is 0.274 e. The van der Waals surface area contributed by atoms with Crippen LogP contribution in [0.3, 0.4) is 0 Å². The van der Waals surface area contributed by atoms with Gasteiger partial charge in [-0.15, -0.1) is 0 Å². The summed E-state index contributed by atoms with van der Waals surface area (Å²) in [5.74, 6) is -1.78. The number of carbonyl (C=O) groups is 3. The molecule has 5 atom stereocenters. The highest BCUT2D eigenvalue weighted by atomic mass is 32.2. The Morgan fingerprint density at radius 2 is 1.92 bits per heavy atom. The van der Waals surface area contributed by atoms with Gasteiger partial charge in [-0.2, -0.15) is 0 Å². The normalized spacial score (nSPS) is 28.2. The fourth-order valence-corrected chi connectivity index (χ4v) is 9.33. The highest BCUT2D eigenvalue weighted by Gasteiger charge is 2.63. The van der Waals surface area contributed by atoms with Crippen LogP contribution in [0, 0.1) is 12.8 Å². The summed E-state index contributed by atoms with van der Waals surface area (Å²) >= 11 is 1.42. The molecule has 50 heavy (non-hydrogen) atoms. The first-order valence-electron chi connectivity index (χ1n) is 17.6. The van der Waals surface area contributed by atoms with Crippen LogP contribution < -0.4 is 20.1 Å². The van der Waals surface area contributed by atoms with Crippen LogP contribution in [0.25, 0.3) is 10.2 Å². The van der Waals surface area contributed by atoms with Crippen molar-refractivity contribution in [1.29, 1.82) is 0 Å². The summed E-state index contributed by atoms with van der Waals surface area (Å²) in [6, 6.07) is 14.4. The lowest BCUT2D eigenvalue weighted by molar-refractivity contribution is -0.141. The smallest absolute Gasteiger partial charge is 0.274 e. The van der Waals surface area contributed by atoms with Crippen molar-refractivity contribution in [2.24, 2.45) is 5.92 Å². The Labute approximate surface area is 297 Å². The summed E-state index contributed by atoms with van der Waals surface area (Å²) in [6.07, 6.45) is 8.90. The highest BCUT2D eigenvalue weighted by Crippen LogP contribution is 2.47. The van der Waals surface area contributed by atoms with Gasteiger partial charge in [0.25, 0.3) is 11.1 Å². The van der Waals surface area contributed by atoms with Crippen molar-refractivity contribution in [2.75, 3.05) is 6.54 Å². The van der Waals surface area contributed by atoms with E-state index in [0.717, 1.165) is 47.0 Å². The molecule has 3 amide bonds. The van der Waals surface area contributed by atoms with E-state index in [1.165, 1.54) is 11.3 Å². The fourth-order valence-electron chi connectivity index (χ4n) is 7.04. The number of hydrogen-bond donors (Lipinski definition) is 3. The van der Waals surface area contributed by atoms with Gasteiger partial charge in [-0.05, 0) is 75.6 Å². The average Bonchev–Trinajstić information content (AvgIpc) is 3.90. The van der Waals surface area contributed by atoms with Gasteiger partial charge in [-0.25, -0.2) is 13.4 Å². The average molecular weight is 720 g/mol. The second-order valence-electron chi connectivity index (χ2n) is 14.6. The number of carbonyl (C=O) groups excluding carboxylic acids is 3. The molecule has 1 saturated heterocycles. The molecule has 2 aliphatic carbocycles. The van der Waals surface area contributed by atoms with E-state index >= 15 is 0 Å². The number of thiazole rings is 1. The second kappa shape index (κ2) is 13.7. The SMILES string of the molecule is Cc1ccc2nc(O[C@@H]3C[C@H]4C(=O)N[C@]5(C(=O)NS(=O)(=O)C6(C)CC6)C[C@H]5C=CCCCCC[C@H](NCc5ccccc5)C(=O)N4C3)sc2c1. The van der Waals surface area contributed by atoms with Gasteiger partial charge in [0.2, 0.25) is 21.8 Å². The molecule has 2 aromatic carbocycles. The monoisotopic (exact) mass is 719 g/mol. The van der Waals surface area contributed by atoms with Crippen LogP contribution in [0.4, 0.5) is 0 Å². The summed E-state index contributed by atoms with van der Waals surface area (Å²) in [7, 11) is -3.92. The molecule has 11 nitrogen and oxygen atoms in total. The molecule has 0 bridgehead atoms. The number of rotatable bonds is 8. The third-order valence-electron chi connectivity index (χ3n) is 10.7. The van der Waals surface area contributed by atoms with Crippen LogP contribution in [0.15, 0.2) is 60.7 Å². The van der Waals surface area contributed by atoms with Gasteiger partial charge in [-0.1, -0.05) is 72.7 Å². The largest absolute Gasteiger partial charge is 0.465 e. The van der Waals surface area contributed by atoms with E-state index in [9.17, 15) is 22.8 Å². The van der Waals surface area contributed by atoms with Crippen molar-refractivity contribution < 1.29 is 27.5 Å². The number of hydrogen-bond acceptors (Lipinski definition) is 9. The summed E-state index contributed by atoms with van der Waals surface area (Å²) in [5, 5.41) is 6.89. The maximum absolute atomic E-state index is 14.5. The molecule has 2 saturated carbocycles. The zero-order valence-corrected chi connectivity index (χ0v) is 30.2. The minimum atomic E-state index is -3.92. The Bertz CT molecular complexity index is 1910. The predicted octanol–water partition coefficient (Wildman–Crippen LogP) is 4.51. The van der Waals surface area contributed by atoms with Crippen molar-refractivity contribution in [2.45, 2.75) is 107 Å². The number of amides is 3. The van der Waals surface area contributed by atoms with Gasteiger partial charge >= 0.3 is 0 Å². The molecule has 2 aliphatic heterocycles. The van der Waals surface area contributed by atoms with Gasteiger partial charge in [0, 0.05) is 18.9 Å². The lowest BCUT2D eigenvalue weighted by Crippen LogP contribution is -2.58. The van der Waals surface area contributed by atoms with E-state index < -0.39 is 50.3 Å². The molecule has 266 valence electrons. The van der Waals surface area contributed by atoms with Gasteiger partial charge < -0.3 is 20.3 Å². The van der Waals surface area contributed by atoms with E-state index in [2.05, 4.69) is 20.3 Å². The van der Waals surface area contributed by atoms with Gasteiger partial charge in [0.1, 0.15) is 17.7 Å². The van der Waals surface area contributed by atoms with Crippen molar-refractivity contribution in [1.82, 2.24) is 25.2 Å². The summed E-state index contributed by atoms with van der Waals surface area (Å²) in [6.45, 7) is 4.30. The predicted molar refractivity (Wildman–Crippen MR) is 192 cm³/mol. The van der Waals surface area contributed by atoms with Gasteiger partial charge in [-0.3, -0.25) is 19.1 Å². The minimum absolute atomic E-state index is 0.171. The van der Waals surface area contributed by atoms with E-state index in [1.54, 1.807) is 11.8 Å². The Hall–Kier alpha value is -3.81. The molecule has 7 rings (SSSR count). The van der Waals surface area contributed by atoms with Crippen LogP contribution in [-0.2, 0) is 31.0 Å². The fraction of sp³-hybridized carbons (Fsp3) is 0.514. The van der Waals surface area contributed by atoms with Crippen LogP contribution in [0.2, 0.25) is 0 Å². The zero-order valence-electron chi connectivity index (χ0n) is 28.5. The summed E-state index contributed by atoms with van der Waals surface area (Å²) in [4.78, 5) is 48.8. The van der Waals surface area contributed by atoms with Gasteiger partial charge in [0.15, 0.2) is 0 Å². The van der Waals surface area contributed by atoms with Gasteiger partial charge in [0.05, 0.1) is 27.6 Å². The highest BCUT2D eigenvalue weighted by molar-refractivity contribution is 7.91. The van der Waals surface area contributed by atoms with Crippen molar-refractivity contribution >= 4 is 49.3 Å². The number of nitrogens with one attached hydrogen (secondary N) is 3. The first kappa shape index (κ1) is 34.6. The molecular formula is C37H45N5O6S2. The lowest BCUT2D eigenvalue weighted by Gasteiger charge is -2.30. The first-order valence-corrected chi connectivity index (χ1v) is 19.9. The number of ether oxygens (including phenoxy) is 1. The van der Waals surface area contributed by atoms with E-state index in [-0.39, 0.29) is 31.2 Å². The summed E-state index contributed by atoms with van der Waals surface area (Å²) in [5.41, 5.74) is 1.56. The summed E-state index contributed by atoms with van der Waals surface area (Å²) < 4.78 is 34.9. The number of fused-ring (bicyclic) bond motifs is 3. The Morgan fingerprint density at radius 1 is 1.12 bits per heavy atom. The van der Waals surface area contributed by atoms with Crippen LogP contribution in [-0.4, -0.2) is 71.0 Å². The number of aromatic nitrogens is 1. The first-order chi connectivity index (χ1) is 24.0. The van der Waals surface area contributed by atoms with Crippen LogP contribution in [0.1, 0.15) is 75.8 Å². The molecule has 1 aromatic heterocycles. The van der Waals surface area contributed by atoms with E-state index in [4.69, 9.17) is 4.74 Å². The topological polar surface area (TPSA) is 147 Å². The molecule has 0 unspecified atom stereocenters. The molecule has 4 aliphatic rings. The number of nitrogens with zero attached hydrogens (tertiary/aromatic N) is 2. The standard InChI is InChI=1S/C37H45N5O6S2/c1-24-15-16-28-31(19-24)49-35(39-28)48-27-20-30-32(43)40-37(34(45)41-50(46,47)36(2)17-18-36)21-26(37)13-9-4-3-5-10-14-29(33(44)42(30)23-27)38-22-25-11-7-6-8-12-25/h6-9,11-13,15-16,19,26-27,29-30,38H,3-5,10,14,17-18,20-23H2,1-2H3,(H,40,43)(H,41,45)/t26-,27-,29+,30+,37-/m1/s1. The molecule has 3 heterocycles. The van der Waals surface area contributed by atoms with Crippen LogP contribution in [0.5, 0.6) is 5.19 Å². The Balaban J connectivity index is 1.17. The number of allylic oxidation sites excluding steroid dienone is 1. The van der Waals surface area contributed by atoms with Crippen molar-refractivity contribution in [3.05, 3.63) is 71.8 Å². The molecule has 0 radical (unpaired) electrons. The maximum atomic E-state index is 14.5. The van der Waals surface area contributed by atoms with E-state index in [1.807, 2.05) is 67.6 Å². The second-order valence-corrected chi connectivity index (χ2v) is 17.8. The quantitative estimate of drug-likeness (QED) is 0.289. The van der Waals surface area contributed by atoms with E-state index in [0.29, 0.717) is 31.0 Å². The third-order valence-corrected chi connectivity index (χ3v) is 13.7.